The first kappa shape index (κ1) is 60.1. The minimum atomic E-state index is -1.75. The maximum atomic E-state index is 9.86. The van der Waals surface area contributed by atoms with E-state index in [0.29, 0.717) is 0 Å². The van der Waals surface area contributed by atoms with Crippen molar-refractivity contribution in [1.29, 1.82) is 0 Å². The fourth-order valence-electron chi connectivity index (χ4n) is 4.94. The molecule has 0 amide bonds. The minimum Gasteiger partial charge on any atom is -0.542 e. The van der Waals surface area contributed by atoms with Crippen molar-refractivity contribution in [1.82, 2.24) is 19.9 Å². The molecule has 0 radical (unpaired) electrons. The summed E-state index contributed by atoms with van der Waals surface area (Å²) in [5, 5.41) is 73.5. The zero-order valence-corrected chi connectivity index (χ0v) is 39.1. The van der Waals surface area contributed by atoms with Crippen LogP contribution in [0.2, 0.25) is 0 Å². The number of fused-ring (bicyclic) bond motifs is 6. The normalized spacial score (nSPS) is 9.14. The molecule has 0 bridgehead atoms. The standard InChI is InChI=1S/2C12H8N2.4C5H4O3.2NO3.2Tb/c2*1-3-9-5-6-10-4-2-8-14-12(10)11(9)13-7-1;4*6-5(7)4-2-1-3-8-4;2*2-1(3)4;;/h2*1-8H;4*1-3H,(H,6,7);;;;/q;;;;;;2*-1;2*+3/p-4. The number of aromatic carboxylic acids is 4. The molecule has 10 aromatic rings. The van der Waals surface area contributed by atoms with Crippen molar-refractivity contribution in [3.8, 4) is 0 Å². The predicted molar refractivity (Wildman–Crippen MR) is 227 cm³/mol. The van der Waals surface area contributed by atoms with Gasteiger partial charge in [0, 0.05) is 46.3 Å². The van der Waals surface area contributed by atoms with E-state index in [9.17, 15) is 39.6 Å². The van der Waals surface area contributed by atoms with E-state index in [-0.39, 0.29) is 100 Å². The van der Waals surface area contributed by atoms with Gasteiger partial charge in [-0.15, -0.1) is 0 Å². The number of carboxylic acid groups (broad SMARTS) is 4. The van der Waals surface area contributed by atoms with Crippen LogP contribution in [0.15, 0.2) is 189 Å². The van der Waals surface area contributed by atoms with Crippen LogP contribution in [0.5, 0.6) is 0 Å². The second-order valence-corrected chi connectivity index (χ2v) is 11.9. The van der Waals surface area contributed by atoms with E-state index in [4.69, 9.17) is 30.6 Å². The monoisotopic (exact) mass is 1250 g/mol. The number of carbonyl (C=O) groups excluding carboxylic acids is 4. The van der Waals surface area contributed by atoms with Gasteiger partial charge in [-0.1, -0.05) is 48.5 Å². The van der Waals surface area contributed by atoms with Crippen LogP contribution in [0, 0.1) is 108 Å². The number of carboxylic acids is 4. The maximum absolute atomic E-state index is 9.86. The van der Waals surface area contributed by atoms with Crippen molar-refractivity contribution in [2.45, 2.75) is 0 Å². The third-order valence-electron chi connectivity index (χ3n) is 7.58. The van der Waals surface area contributed by atoms with Gasteiger partial charge in [0.25, 0.3) is 0 Å². The van der Waals surface area contributed by atoms with Gasteiger partial charge in [-0.25, -0.2) is 0 Å². The number of hydrogen-bond acceptors (Lipinski definition) is 22. The molecule has 0 aliphatic heterocycles. The Hall–Kier alpha value is -7.95. The smallest absolute Gasteiger partial charge is 0.542 e. The summed E-state index contributed by atoms with van der Waals surface area (Å²) < 4.78 is 17.7. The molecule has 24 nitrogen and oxygen atoms in total. The van der Waals surface area contributed by atoms with Crippen LogP contribution in [-0.4, -0.2) is 54.0 Å². The van der Waals surface area contributed by atoms with E-state index in [1.54, 1.807) is 24.8 Å². The molecule has 0 aliphatic rings. The van der Waals surface area contributed by atoms with Crippen LogP contribution in [0.3, 0.4) is 0 Å². The van der Waals surface area contributed by atoms with Crippen LogP contribution in [0.1, 0.15) is 42.2 Å². The Labute approximate surface area is 452 Å². The van der Waals surface area contributed by atoms with Gasteiger partial charge in [-0.05, 0) is 72.8 Å². The van der Waals surface area contributed by atoms with Crippen molar-refractivity contribution in [3.05, 3.63) is 225 Å². The van der Waals surface area contributed by atoms with Crippen LogP contribution < -0.4 is 20.4 Å². The van der Waals surface area contributed by atoms with Crippen molar-refractivity contribution in [2.75, 3.05) is 0 Å². The molecule has 0 unspecified atom stereocenters. The number of carbonyl (C=O) groups is 4. The number of benzene rings is 2. The molecule has 8 heterocycles. The molecule has 360 valence electrons. The Bertz CT molecular complexity index is 2720. The molecule has 0 saturated heterocycles. The molecule has 2 aromatic carbocycles. The summed E-state index contributed by atoms with van der Waals surface area (Å²) in [6, 6.07) is 35.6. The molecule has 0 fully saturated rings. The minimum absolute atomic E-state index is 0. The van der Waals surface area contributed by atoms with Crippen LogP contribution in [-0.2, 0) is 0 Å². The number of pyridine rings is 4. The third kappa shape index (κ3) is 21.8. The second kappa shape index (κ2) is 32.7. The van der Waals surface area contributed by atoms with E-state index >= 15 is 0 Å². The van der Waals surface area contributed by atoms with Crippen LogP contribution >= 0.6 is 0 Å². The van der Waals surface area contributed by atoms with E-state index < -0.39 is 34.1 Å². The summed E-state index contributed by atoms with van der Waals surface area (Å²) in [5.74, 6) is -5.67. The van der Waals surface area contributed by atoms with Gasteiger partial charge in [0.2, 0.25) is 0 Å². The summed E-state index contributed by atoms with van der Waals surface area (Å²) in [6.07, 6.45) is 12.3. The Kier molecular flexibility index (Phi) is 28.1. The van der Waals surface area contributed by atoms with Gasteiger partial charge >= 0.3 is 77.2 Å². The Morgan fingerprint density at radius 2 is 0.529 bits per heavy atom. The summed E-state index contributed by atoms with van der Waals surface area (Å²) in [6.45, 7) is 0. The topological polar surface area (TPSA) is 397 Å². The van der Waals surface area contributed by atoms with Gasteiger partial charge in [-0.3, -0.25) is 19.9 Å². The zero-order chi connectivity index (χ0) is 49.8. The molecular weight excluding hydrogens is 1220 g/mol. The third-order valence-corrected chi connectivity index (χ3v) is 7.58. The Morgan fingerprint density at radius 3 is 0.657 bits per heavy atom. The van der Waals surface area contributed by atoms with Crippen LogP contribution in [0.4, 0.5) is 0 Å². The summed E-state index contributed by atoms with van der Waals surface area (Å²) >= 11 is 0. The molecule has 70 heavy (non-hydrogen) atoms. The van der Waals surface area contributed by atoms with Crippen molar-refractivity contribution >= 4 is 67.5 Å². The fraction of sp³-hybridized carbons (Fsp3) is 0. The fourth-order valence-corrected chi connectivity index (χ4v) is 4.94. The first-order valence-electron chi connectivity index (χ1n) is 18.4. The molecule has 0 atom stereocenters. The number of aromatic nitrogens is 4. The molecule has 10 rings (SSSR count). The molecule has 8 aromatic heterocycles. The molecule has 0 spiro atoms. The summed E-state index contributed by atoms with van der Waals surface area (Å²) in [7, 11) is 0. The maximum Gasteiger partial charge on any atom is 3.00 e. The molecular formula is C44H28N6O18Tb2. The van der Waals surface area contributed by atoms with Crippen LogP contribution in [0.25, 0.3) is 43.6 Å². The van der Waals surface area contributed by atoms with Gasteiger partial charge in [-0.2, -0.15) is 0 Å². The molecule has 0 N–H and O–H groups in total. The van der Waals surface area contributed by atoms with Gasteiger partial charge in [0.15, 0.2) is 0 Å². The zero-order valence-electron chi connectivity index (χ0n) is 34.9. The van der Waals surface area contributed by atoms with Crippen molar-refractivity contribution < 1.29 is 145 Å². The van der Waals surface area contributed by atoms with E-state index in [2.05, 4.69) is 86.1 Å². The largest absolute Gasteiger partial charge is 3.00 e. The van der Waals surface area contributed by atoms with Gasteiger partial charge < -0.3 is 87.9 Å². The number of furan rings is 4. The van der Waals surface area contributed by atoms with Crippen molar-refractivity contribution in [2.24, 2.45) is 0 Å². The average Bonchev–Trinajstić information content (AvgIpc) is 4.19. The predicted octanol–water partition coefficient (Wildman–Crippen LogP) is 3.66. The molecule has 0 saturated carbocycles. The summed E-state index contributed by atoms with van der Waals surface area (Å²) in [4.78, 5) is 73.3. The number of nitrogens with zero attached hydrogens (tertiary/aromatic N) is 6. The van der Waals surface area contributed by atoms with Gasteiger partial charge in [0.05, 0.1) is 57.3 Å². The first-order chi connectivity index (χ1) is 32.6. The Morgan fingerprint density at radius 1 is 0.343 bits per heavy atom. The SMILES string of the molecule is O=C([O-])c1ccco1.O=C([O-])c1ccco1.O=C([O-])c1ccco1.O=C([O-])c1ccco1.O=[N+]([O-])[O-].O=[N+]([O-])[O-].[Tb+3].[Tb+3].c1cnc2c(c1)ccc1cccnc12.c1cnc2c(c1)ccc1cccnc12. The average molecular weight is 1250 g/mol. The number of rotatable bonds is 4. The van der Waals surface area contributed by atoms with E-state index in [0.717, 1.165) is 43.6 Å². The van der Waals surface area contributed by atoms with Crippen molar-refractivity contribution in [3.63, 3.8) is 0 Å². The molecule has 0 aliphatic carbocycles. The quantitative estimate of drug-likeness (QED) is 0.138. The Balaban J connectivity index is 0.000000412. The first-order valence-corrected chi connectivity index (χ1v) is 18.4. The van der Waals surface area contributed by atoms with Gasteiger partial charge in [0.1, 0.15) is 46.9 Å². The van der Waals surface area contributed by atoms with E-state index in [1.165, 1.54) is 73.6 Å². The second-order valence-electron chi connectivity index (χ2n) is 11.9. The van der Waals surface area contributed by atoms with E-state index in [1.807, 2.05) is 24.3 Å². The molecule has 26 heteroatoms. The number of hydrogen-bond donors (Lipinski definition) is 0. The summed E-state index contributed by atoms with van der Waals surface area (Å²) in [5.41, 5.74) is 3.91.